The number of piperidine rings is 1. The molecule has 7 nitrogen and oxygen atoms in total. The normalized spacial score (nSPS) is 14.3. The lowest BCUT2D eigenvalue weighted by atomic mass is 10.0. The van der Waals surface area contributed by atoms with Crippen LogP contribution < -0.4 is 10.1 Å². The van der Waals surface area contributed by atoms with E-state index in [1.807, 2.05) is 36.1 Å². The van der Waals surface area contributed by atoms with E-state index in [0.717, 1.165) is 50.2 Å². The Morgan fingerprint density at radius 1 is 1.24 bits per heavy atom. The van der Waals surface area contributed by atoms with E-state index >= 15 is 0 Å². The lowest BCUT2D eigenvalue weighted by Crippen LogP contribution is -2.46. The van der Waals surface area contributed by atoms with Crippen molar-refractivity contribution in [1.82, 2.24) is 20.4 Å². The fraction of sp³-hybridized carbons (Fsp3) is 0.571. The minimum absolute atomic E-state index is 0. The molecule has 2 heterocycles. The molecule has 29 heavy (non-hydrogen) atoms. The minimum Gasteiger partial charge on any atom is -0.494 e. The van der Waals surface area contributed by atoms with Crippen LogP contribution in [-0.2, 0) is 11.2 Å². The number of nitrogens with one attached hydrogen (secondary N) is 1. The van der Waals surface area contributed by atoms with Gasteiger partial charge in [-0.25, -0.2) is 0 Å². The summed E-state index contributed by atoms with van der Waals surface area (Å²) in [4.78, 5) is 19.3. The predicted octanol–water partition coefficient (Wildman–Crippen LogP) is 3.48. The van der Waals surface area contributed by atoms with Crippen molar-refractivity contribution < 1.29 is 14.1 Å². The van der Waals surface area contributed by atoms with Gasteiger partial charge in [-0.3, -0.25) is 4.79 Å². The zero-order valence-electron chi connectivity index (χ0n) is 17.2. The molecular formula is C21H31ClN4O3. The monoisotopic (exact) mass is 422 g/mol. The average Bonchev–Trinajstić information content (AvgIpc) is 3.21. The first-order valence-electron chi connectivity index (χ1n) is 10.3. The molecule has 1 aliphatic rings. The van der Waals surface area contributed by atoms with Crippen molar-refractivity contribution in [3.8, 4) is 17.1 Å². The Morgan fingerprint density at radius 3 is 2.62 bits per heavy atom. The number of hydrogen-bond donors (Lipinski definition) is 1. The number of amides is 1. The predicted molar refractivity (Wildman–Crippen MR) is 114 cm³/mol. The molecule has 1 aromatic carbocycles. The third-order valence-electron chi connectivity index (χ3n) is 4.98. The molecule has 0 saturated carbocycles. The summed E-state index contributed by atoms with van der Waals surface area (Å²) in [6.45, 7) is 7.47. The average molecular weight is 423 g/mol. The van der Waals surface area contributed by atoms with Crippen LogP contribution in [0.3, 0.4) is 0 Å². The van der Waals surface area contributed by atoms with Gasteiger partial charge in [-0.1, -0.05) is 12.1 Å². The molecule has 1 fully saturated rings. The highest BCUT2D eigenvalue weighted by Gasteiger charge is 2.24. The maximum atomic E-state index is 12.8. The molecule has 160 valence electrons. The SMILES string of the molecule is CCCN(C(=O)CCc1nc(-c2ccc(OCC)cc2)no1)C1CCNCC1.Cl. The number of rotatable bonds is 9. The van der Waals surface area contributed by atoms with Crippen molar-refractivity contribution in [2.24, 2.45) is 0 Å². The van der Waals surface area contributed by atoms with Crippen molar-refractivity contribution in [1.29, 1.82) is 0 Å². The van der Waals surface area contributed by atoms with Gasteiger partial charge >= 0.3 is 0 Å². The fourth-order valence-corrected chi connectivity index (χ4v) is 3.57. The number of ether oxygens (including phenoxy) is 1. The Labute approximate surface area is 178 Å². The van der Waals surface area contributed by atoms with Gasteiger partial charge in [-0.15, -0.1) is 12.4 Å². The zero-order chi connectivity index (χ0) is 19.8. The van der Waals surface area contributed by atoms with Gasteiger partial charge in [0, 0.05) is 31.0 Å². The second kappa shape index (κ2) is 11.8. The summed E-state index contributed by atoms with van der Waals surface area (Å²) in [6, 6.07) is 7.94. The van der Waals surface area contributed by atoms with Gasteiger partial charge in [-0.05, 0) is 63.5 Å². The first kappa shape index (κ1) is 23.2. The smallest absolute Gasteiger partial charge is 0.227 e. The molecule has 1 aromatic heterocycles. The molecule has 1 amide bonds. The van der Waals surface area contributed by atoms with Gasteiger partial charge in [0.2, 0.25) is 17.6 Å². The number of halogens is 1. The molecule has 1 saturated heterocycles. The fourth-order valence-electron chi connectivity index (χ4n) is 3.57. The molecule has 8 heteroatoms. The Morgan fingerprint density at radius 2 is 1.97 bits per heavy atom. The third kappa shape index (κ3) is 6.44. The highest BCUT2D eigenvalue weighted by atomic mass is 35.5. The highest BCUT2D eigenvalue weighted by Crippen LogP contribution is 2.21. The Balaban J connectivity index is 0.00000300. The van der Waals surface area contributed by atoms with E-state index in [4.69, 9.17) is 9.26 Å². The maximum absolute atomic E-state index is 12.8. The number of aryl methyl sites for hydroxylation is 1. The van der Waals surface area contributed by atoms with Crippen LogP contribution in [0.15, 0.2) is 28.8 Å². The van der Waals surface area contributed by atoms with Crippen LogP contribution in [0.5, 0.6) is 5.75 Å². The molecular weight excluding hydrogens is 392 g/mol. The van der Waals surface area contributed by atoms with Crippen LogP contribution in [0, 0.1) is 0 Å². The van der Waals surface area contributed by atoms with Crippen LogP contribution in [-0.4, -0.2) is 53.2 Å². The van der Waals surface area contributed by atoms with Gasteiger partial charge < -0.3 is 19.5 Å². The summed E-state index contributed by atoms with van der Waals surface area (Å²) in [5.74, 6) is 2.03. The van der Waals surface area contributed by atoms with Crippen LogP contribution in [0.1, 0.15) is 45.4 Å². The number of benzene rings is 1. The van der Waals surface area contributed by atoms with Gasteiger partial charge in [0.25, 0.3) is 0 Å². The summed E-state index contributed by atoms with van der Waals surface area (Å²) in [7, 11) is 0. The van der Waals surface area contributed by atoms with Gasteiger partial charge in [0.15, 0.2) is 0 Å². The highest BCUT2D eigenvalue weighted by molar-refractivity contribution is 5.85. The molecule has 0 unspecified atom stereocenters. The van der Waals surface area contributed by atoms with Crippen LogP contribution in [0.4, 0.5) is 0 Å². The van der Waals surface area contributed by atoms with Gasteiger partial charge in [0.1, 0.15) is 5.75 Å². The second-order valence-corrected chi connectivity index (χ2v) is 7.04. The summed E-state index contributed by atoms with van der Waals surface area (Å²) in [5, 5.41) is 7.41. The standard InChI is InChI=1S/C21H30N4O3.ClH/c1-3-15-25(17-11-13-22-14-12-17)20(26)10-9-19-23-21(24-28-19)16-5-7-18(8-6-16)27-4-2;/h5-8,17,22H,3-4,9-15H2,1-2H3;1H. The zero-order valence-corrected chi connectivity index (χ0v) is 18.0. The van der Waals surface area contributed by atoms with E-state index in [2.05, 4.69) is 22.4 Å². The Hall–Kier alpha value is -2.12. The van der Waals surface area contributed by atoms with E-state index in [-0.39, 0.29) is 18.3 Å². The van der Waals surface area contributed by atoms with Gasteiger partial charge in [0.05, 0.1) is 6.61 Å². The number of carbonyl (C=O) groups is 1. The van der Waals surface area contributed by atoms with Crippen molar-refractivity contribution in [3.63, 3.8) is 0 Å². The van der Waals surface area contributed by atoms with Crippen LogP contribution in [0.25, 0.3) is 11.4 Å². The van der Waals surface area contributed by atoms with Crippen molar-refractivity contribution >= 4 is 18.3 Å². The second-order valence-electron chi connectivity index (χ2n) is 7.04. The maximum Gasteiger partial charge on any atom is 0.227 e. The molecule has 0 spiro atoms. The van der Waals surface area contributed by atoms with E-state index in [0.29, 0.717) is 37.2 Å². The topological polar surface area (TPSA) is 80.5 Å². The molecule has 3 rings (SSSR count). The molecule has 0 aliphatic carbocycles. The molecule has 1 N–H and O–H groups in total. The number of aromatic nitrogens is 2. The van der Waals surface area contributed by atoms with E-state index < -0.39 is 0 Å². The molecule has 0 radical (unpaired) electrons. The lowest BCUT2D eigenvalue weighted by Gasteiger charge is -2.34. The number of carbonyl (C=O) groups excluding carboxylic acids is 1. The van der Waals surface area contributed by atoms with E-state index in [1.165, 1.54) is 0 Å². The molecule has 0 bridgehead atoms. The minimum atomic E-state index is 0. The van der Waals surface area contributed by atoms with Crippen LogP contribution >= 0.6 is 12.4 Å². The quantitative estimate of drug-likeness (QED) is 0.666. The summed E-state index contributed by atoms with van der Waals surface area (Å²) >= 11 is 0. The van der Waals surface area contributed by atoms with Crippen molar-refractivity contribution in [3.05, 3.63) is 30.2 Å². The third-order valence-corrected chi connectivity index (χ3v) is 4.98. The molecule has 0 atom stereocenters. The first-order chi connectivity index (χ1) is 13.7. The van der Waals surface area contributed by atoms with Crippen LogP contribution in [0.2, 0.25) is 0 Å². The summed E-state index contributed by atoms with van der Waals surface area (Å²) < 4.78 is 10.8. The Kier molecular flexibility index (Phi) is 9.41. The van der Waals surface area contributed by atoms with Crippen molar-refractivity contribution in [2.75, 3.05) is 26.2 Å². The first-order valence-corrected chi connectivity index (χ1v) is 10.3. The van der Waals surface area contributed by atoms with Gasteiger partial charge in [-0.2, -0.15) is 4.98 Å². The lowest BCUT2D eigenvalue weighted by molar-refractivity contribution is -0.134. The molecule has 2 aromatic rings. The number of nitrogens with zero attached hydrogens (tertiary/aromatic N) is 3. The Bertz CT molecular complexity index is 745. The number of hydrogen-bond acceptors (Lipinski definition) is 6. The van der Waals surface area contributed by atoms with E-state index in [9.17, 15) is 4.79 Å². The summed E-state index contributed by atoms with van der Waals surface area (Å²) in [6.07, 6.45) is 3.88. The van der Waals surface area contributed by atoms with E-state index in [1.54, 1.807) is 0 Å². The van der Waals surface area contributed by atoms with Crippen molar-refractivity contribution in [2.45, 2.75) is 52.0 Å². The summed E-state index contributed by atoms with van der Waals surface area (Å²) in [5.41, 5.74) is 0.868. The molecule has 1 aliphatic heterocycles. The largest absolute Gasteiger partial charge is 0.494 e.